The lowest BCUT2D eigenvalue weighted by molar-refractivity contribution is 0.0691. The highest BCUT2D eigenvalue weighted by molar-refractivity contribution is 5.93. The fraction of sp³-hybridized carbons (Fsp3) is 0.471. The molecule has 2 heterocycles. The number of carboxylic acids is 1. The molecule has 1 fully saturated rings. The molecule has 1 aromatic heterocycles. The van der Waals surface area contributed by atoms with E-state index in [0.29, 0.717) is 5.92 Å². The first-order valence-electron chi connectivity index (χ1n) is 7.75. The van der Waals surface area contributed by atoms with Gasteiger partial charge in [-0.15, -0.1) is 0 Å². The number of hydrogen-bond acceptors (Lipinski definition) is 2. The van der Waals surface area contributed by atoms with Crippen LogP contribution in [0.2, 0.25) is 0 Å². The van der Waals surface area contributed by atoms with Gasteiger partial charge in [0.2, 0.25) is 0 Å². The van der Waals surface area contributed by atoms with E-state index in [1.54, 1.807) is 6.07 Å². The molecule has 0 amide bonds. The Bertz CT molecular complexity index is 639. The maximum atomic E-state index is 11.0. The number of fused-ring (bicyclic) bond motifs is 1. The molecule has 4 nitrogen and oxygen atoms in total. The number of hydrogen-bond donors (Lipinski definition) is 2. The molecule has 1 aromatic carbocycles. The minimum Gasteiger partial charge on any atom is -0.477 e. The van der Waals surface area contributed by atoms with Gasteiger partial charge >= 0.3 is 5.97 Å². The Labute approximate surface area is 124 Å². The molecule has 4 heteroatoms. The molecular formula is C17H22N2O2. The molecule has 0 aliphatic carbocycles. The van der Waals surface area contributed by atoms with E-state index in [4.69, 9.17) is 5.11 Å². The van der Waals surface area contributed by atoms with Gasteiger partial charge in [0, 0.05) is 10.9 Å². The lowest BCUT2D eigenvalue weighted by Gasteiger charge is -2.31. The molecule has 3 rings (SSSR count). The summed E-state index contributed by atoms with van der Waals surface area (Å²) in [4.78, 5) is 16.5. The van der Waals surface area contributed by atoms with Crippen molar-refractivity contribution in [2.24, 2.45) is 0 Å². The second-order valence-electron chi connectivity index (χ2n) is 5.95. The number of carbonyl (C=O) groups is 1. The zero-order valence-electron chi connectivity index (χ0n) is 12.4. The Balaban J connectivity index is 1.77. The summed E-state index contributed by atoms with van der Waals surface area (Å²) in [5.41, 5.74) is 2.51. The van der Waals surface area contributed by atoms with Crippen molar-refractivity contribution < 1.29 is 9.90 Å². The van der Waals surface area contributed by atoms with Crippen molar-refractivity contribution in [3.05, 3.63) is 35.5 Å². The van der Waals surface area contributed by atoms with E-state index in [1.807, 2.05) is 6.07 Å². The zero-order valence-corrected chi connectivity index (χ0v) is 12.4. The molecule has 1 aliphatic rings. The Hall–Kier alpha value is -1.81. The van der Waals surface area contributed by atoms with Crippen LogP contribution in [0.4, 0.5) is 0 Å². The van der Waals surface area contributed by atoms with Gasteiger partial charge in [-0.2, -0.15) is 0 Å². The Morgan fingerprint density at radius 3 is 2.76 bits per heavy atom. The predicted molar refractivity (Wildman–Crippen MR) is 84.0 cm³/mol. The molecule has 21 heavy (non-hydrogen) atoms. The molecule has 0 bridgehead atoms. The Kier molecular flexibility index (Phi) is 3.97. The minimum absolute atomic E-state index is 0.264. The lowest BCUT2D eigenvalue weighted by Crippen LogP contribution is -2.33. The summed E-state index contributed by atoms with van der Waals surface area (Å²) >= 11 is 0. The van der Waals surface area contributed by atoms with Gasteiger partial charge < -0.3 is 15.0 Å². The maximum Gasteiger partial charge on any atom is 0.352 e. The number of H-pyrrole nitrogens is 1. The summed E-state index contributed by atoms with van der Waals surface area (Å²) in [5.74, 6) is -0.300. The number of rotatable bonds is 4. The van der Waals surface area contributed by atoms with Crippen LogP contribution < -0.4 is 0 Å². The lowest BCUT2D eigenvalue weighted by atomic mass is 9.89. The first-order chi connectivity index (χ1) is 10.2. The second-order valence-corrected chi connectivity index (χ2v) is 5.95. The zero-order chi connectivity index (χ0) is 14.8. The van der Waals surface area contributed by atoms with Gasteiger partial charge in [-0.1, -0.05) is 13.0 Å². The van der Waals surface area contributed by atoms with Gasteiger partial charge in [-0.05, 0) is 68.6 Å². The quantitative estimate of drug-likeness (QED) is 0.905. The fourth-order valence-corrected chi connectivity index (χ4v) is 3.33. The van der Waals surface area contributed by atoms with Crippen LogP contribution in [-0.2, 0) is 0 Å². The average molecular weight is 286 g/mol. The molecule has 0 unspecified atom stereocenters. The highest BCUT2D eigenvalue weighted by Gasteiger charge is 2.20. The third-order valence-corrected chi connectivity index (χ3v) is 4.47. The molecule has 0 atom stereocenters. The largest absolute Gasteiger partial charge is 0.477 e. The summed E-state index contributed by atoms with van der Waals surface area (Å²) in [6.07, 6.45) is 3.61. The van der Waals surface area contributed by atoms with Crippen molar-refractivity contribution in [1.82, 2.24) is 9.88 Å². The first-order valence-corrected chi connectivity index (χ1v) is 7.75. The summed E-state index contributed by atoms with van der Waals surface area (Å²) in [5, 5.41) is 10.0. The van der Waals surface area contributed by atoms with E-state index < -0.39 is 5.97 Å². The Morgan fingerprint density at radius 2 is 2.10 bits per heavy atom. The smallest absolute Gasteiger partial charge is 0.352 e. The van der Waals surface area contributed by atoms with Gasteiger partial charge in [0.05, 0.1) is 0 Å². The number of aromatic nitrogens is 1. The Morgan fingerprint density at radius 1 is 1.33 bits per heavy atom. The van der Waals surface area contributed by atoms with Crippen molar-refractivity contribution in [3.8, 4) is 0 Å². The molecule has 0 radical (unpaired) electrons. The van der Waals surface area contributed by atoms with Crippen molar-refractivity contribution in [2.75, 3.05) is 19.6 Å². The average Bonchev–Trinajstić information content (AvgIpc) is 2.91. The number of aromatic carboxylic acids is 1. The molecule has 2 aromatic rings. The van der Waals surface area contributed by atoms with Crippen LogP contribution in [0.1, 0.15) is 48.2 Å². The van der Waals surface area contributed by atoms with Gasteiger partial charge in [0.25, 0.3) is 0 Å². The summed E-state index contributed by atoms with van der Waals surface area (Å²) < 4.78 is 0. The second kappa shape index (κ2) is 5.90. The topological polar surface area (TPSA) is 56.3 Å². The monoisotopic (exact) mass is 286 g/mol. The molecule has 0 saturated carbocycles. The van der Waals surface area contributed by atoms with E-state index in [9.17, 15) is 4.79 Å². The van der Waals surface area contributed by atoms with Crippen molar-refractivity contribution >= 4 is 16.9 Å². The van der Waals surface area contributed by atoms with Gasteiger partial charge in [0.1, 0.15) is 5.69 Å². The number of nitrogens with zero attached hydrogens (tertiary/aromatic N) is 1. The van der Waals surface area contributed by atoms with Crippen LogP contribution in [0.5, 0.6) is 0 Å². The molecule has 112 valence electrons. The number of carboxylic acid groups (broad SMARTS) is 1. The van der Waals surface area contributed by atoms with Gasteiger partial charge in [-0.3, -0.25) is 0 Å². The van der Waals surface area contributed by atoms with Crippen LogP contribution in [0, 0.1) is 0 Å². The van der Waals surface area contributed by atoms with E-state index >= 15 is 0 Å². The van der Waals surface area contributed by atoms with Gasteiger partial charge in [0.15, 0.2) is 0 Å². The highest BCUT2D eigenvalue weighted by atomic mass is 16.4. The van der Waals surface area contributed by atoms with E-state index in [2.05, 4.69) is 28.9 Å². The van der Waals surface area contributed by atoms with Gasteiger partial charge in [-0.25, -0.2) is 4.79 Å². The third-order valence-electron chi connectivity index (χ3n) is 4.47. The normalized spacial score (nSPS) is 17.4. The summed E-state index contributed by atoms with van der Waals surface area (Å²) in [6.45, 7) is 5.77. The number of benzene rings is 1. The molecule has 1 saturated heterocycles. The predicted octanol–water partition coefficient (Wildman–Crippen LogP) is 3.46. The van der Waals surface area contributed by atoms with Crippen LogP contribution in [0.15, 0.2) is 24.3 Å². The minimum atomic E-state index is -0.902. The summed E-state index contributed by atoms with van der Waals surface area (Å²) in [7, 11) is 0. The number of piperidine rings is 1. The van der Waals surface area contributed by atoms with E-state index in [1.165, 1.54) is 44.5 Å². The number of aromatic amines is 1. The van der Waals surface area contributed by atoms with Crippen molar-refractivity contribution in [1.29, 1.82) is 0 Å². The molecule has 0 spiro atoms. The standard InChI is InChI=1S/C17H22N2O2/c1-2-7-19-8-5-12(6-9-19)13-3-4-15-14(10-13)11-16(18-15)17(20)21/h3-4,10-12,18H,2,5-9H2,1H3,(H,20,21). The van der Waals surface area contributed by atoms with Crippen LogP contribution in [0.25, 0.3) is 10.9 Å². The van der Waals surface area contributed by atoms with Crippen molar-refractivity contribution in [2.45, 2.75) is 32.1 Å². The highest BCUT2D eigenvalue weighted by Crippen LogP contribution is 2.30. The van der Waals surface area contributed by atoms with Crippen LogP contribution >= 0.6 is 0 Å². The fourth-order valence-electron chi connectivity index (χ4n) is 3.33. The molecule has 2 N–H and O–H groups in total. The van der Waals surface area contributed by atoms with Crippen LogP contribution in [-0.4, -0.2) is 40.6 Å². The number of nitrogens with one attached hydrogen (secondary N) is 1. The SMILES string of the molecule is CCCN1CCC(c2ccc3[nH]c(C(=O)O)cc3c2)CC1. The molecule has 1 aliphatic heterocycles. The van der Waals surface area contributed by atoms with E-state index in [-0.39, 0.29) is 5.69 Å². The van der Waals surface area contributed by atoms with E-state index in [0.717, 1.165) is 10.9 Å². The third kappa shape index (κ3) is 2.95. The van der Waals surface area contributed by atoms with Crippen molar-refractivity contribution in [3.63, 3.8) is 0 Å². The summed E-state index contributed by atoms with van der Waals surface area (Å²) in [6, 6.07) is 8.03. The molecular weight excluding hydrogens is 264 g/mol. The first kappa shape index (κ1) is 14.1. The number of likely N-dealkylation sites (tertiary alicyclic amines) is 1. The maximum absolute atomic E-state index is 11.0. The van der Waals surface area contributed by atoms with Crippen LogP contribution in [0.3, 0.4) is 0 Å².